The lowest BCUT2D eigenvalue weighted by atomic mass is 10.1. The van der Waals surface area contributed by atoms with Crippen LogP contribution in [0, 0.1) is 6.92 Å². The number of nitrogens with one attached hydrogen (secondary N) is 2. The van der Waals surface area contributed by atoms with E-state index in [1.54, 1.807) is 0 Å². The van der Waals surface area contributed by atoms with E-state index < -0.39 is 0 Å². The Balaban J connectivity index is 1.94. The molecule has 1 aromatic carbocycles. The average molecular weight is 238 g/mol. The van der Waals surface area contributed by atoms with Gasteiger partial charge in [0, 0.05) is 24.7 Å². The summed E-state index contributed by atoms with van der Waals surface area (Å²) in [5, 5.41) is 7.33. The number of halogens is 1. The van der Waals surface area contributed by atoms with Gasteiger partial charge in [-0.3, -0.25) is 4.99 Å². The summed E-state index contributed by atoms with van der Waals surface area (Å²) in [6.45, 7) is 4.71. The molecule has 1 aliphatic heterocycles. The molecule has 16 heavy (non-hydrogen) atoms. The number of aliphatic imine (C=N–C) groups is 1. The molecule has 0 fully saturated rings. The number of hydrogen-bond acceptors (Lipinski definition) is 3. The zero-order valence-corrected chi connectivity index (χ0v) is 10.1. The quantitative estimate of drug-likeness (QED) is 0.827. The fraction of sp³-hybridized carbons (Fsp3) is 0.417. The molecule has 0 spiro atoms. The molecule has 1 aliphatic rings. The zero-order chi connectivity index (χ0) is 11.4. The van der Waals surface area contributed by atoms with E-state index in [9.17, 15) is 0 Å². The zero-order valence-electron chi connectivity index (χ0n) is 9.39. The summed E-state index contributed by atoms with van der Waals surface area (Å²) in [5.74, 6) is 0.902. The molecule has 0 unspecified atom stereocenters. The monoisotopic (exact) mass is 237 g/mol. The standard InChI is InChI=1S/C12H16ClN3/c1-9-7-10(3-4-11(9)13)8-16-12-14-5-2-6-15-12/h3-4,7H,2,5-6,8H2,1H3,(H2,14,15,16). The van der Waals surface area contributed by atoms with E-state index in [4.69, 9.17) is 11.6 Å². The maximum Gasteiger partial charge on any atom is 0.191 e. The van der Waals surface area contributed by atoms with Crippen molar-refractivity contribution in [3.05, 3.63) is 34.3 Å². The molecule has 86 valence electrons. The van der Waals surface area contributed by atoms with Crippen LogP contribution in [-0.4, -0.2) is 19.0 Å². The highest BCUT2D eigenvalue weighted by Crippen LogP contribution is 2.15. The van der Waals surface area contributed by atoms with Crippen molar-refractivity contribution in [2.75, 3.05) is 13.1 Å². The number of aryl methyl sites for hydroxylation is 1. The smallest absolute Gasteiger partial charge is 0.191 e. The van der Waals surface area contributed by atoms with Gasteiger partial charge in [-0.2, -0.15) is 0 Å². The van der Waals surface area contributed by atoms with E-state index in [0.717, 1.165) is 42.6 Å². The second-order valence-electron chi connectivity index (χ2n) is 3.95. The Labute approximate surface area is 101 Å². The number of nitrogens with zero attached hydrogens (tertiary/aromatic N) is 1. The van der Waals surface area contributed by atoms with E-state index in [1.165, 1.54) is 5.56 Å². The highest BCUT2D eigenvalue weighted by atomic mass is 35.5. The van der Waals surface area contributed by atoms with Gasteiger partial charge in [0.2, 0.25) is 0 Å². The maximum absolute atomic E-state index is 5.97. The van der Waals surface area contributed by atoms with Crippen LogP contribution < -0.4 is 10.6 Å². The minimum atomic E-state index is 0.782. The summed E-state index contributed by atoms with van der Waals surface area (Å²) >= 11 is 5.97. The van der Waals surface area contributed by atoms with Crippen LogP contribution >= 0.6 is 11.6 Å². The Morgan fingerprint density at radius 2 is 2.38 bits per heavy atom. The topological polar surface area (TPSA) is 36.4 Å². The van der Waals surface area contributed by atoms with Crippen molar-refractivity contribution in [2.24, 2.45) is 4.99 Å². The second-order valence-corrected chi connectivity index (χ2v) is 4.35. The first-order valence-electron chi connectivity index (χ1n) is 5.53. The van der Waals surface area contributed by atoms with Crippen molar-refractivity contribution in [2.45, 2.75) is 19.9 Å². The highest BCUT2D eigenvalue weighted by Gasteiger charge is 2.03. The van der Waals surface area contributed by atoms with Gasteiger partial charge in [0.1, 0.15) is 0 Å². The summed E-state index contributed by atoms with van der Waals surface area (Å²) in [6, 6.07) is 6.06. The number of guanidine groups is 1. The van der Waals surface area contributed by atoms with Crippen molar-refractivity contribution >= 4 is 17.6 Å². The summed E-state index contributed by atoms with van der Waals surface area (Å²) in [6.07, 6.45) is 1.12. The Kier molecular flexibility index (Phi) is 3.67. The van der Waals surface area contributed by atoms with Crippen LogP contribution in [0.1, 0.15) is 17.5 Å². The molecule has 0 amide bonds. The van der Waals surface area contributed by atoms with E-state index in [0.29, 0.717) is 0 Å². The Morgan fingerprint density at radius 3 is 3.06 bits per heavy atom. The van der Waals surface area contributed by atoms with Gasteiger partial charge in [0.25, 0.3) is 0 Å². The Morgan fingerprint density at radius 1 is 1.50 bits per heavy atom. The first-order valence-corrected chi connectivity index (χ1v) is 5.91. The maximum atomic E-state index is 5.97. The van der Waals surface area contributed by atoms with Gasteiger partial charge >= 0.3 is 0 Å². The van der Waals surface area contributed by atoms with Gasteiger partial charge in [0.15, 0.2) is 5.96 Å². The van der Waals surface area contributed by atoms with Gasteiger partial charge in [-0.1, -0.05) is 23.7 Å². The van der Waals surface area contributed by atoms with Crippen LogP contribution in [-0.2, 0) is 6.54 Å². The molecular weight excluding hydrogens is 222 g/mol. The summed E-state index contributed by atoms with van der Waals surface area (Å²) in [5.41, 5.74) is 2.33. The van der Waals surface area contributed by atoms with Crippen molar-refractivity contribution < 1.29 is 0 Å². The number of hydrogen-bond donors (Lipinski definition) is 2. The predicted molar refractivity (Wildman–Crippen MR) is 68.0 cm³/mol. The molecule has 4 heteroatoms. The molecule has 0 radical (unpaired) electrons. The van der Waals surface area contributed by atoms with Crippen LogP contribution in [0.4, 0.5) is 0 Å². The summed E-state index contributed by atoms with van der Waals surface area (Å²) < 4.78 is 0. The third kappa shape index (κ3) is 2.89. The molecule has 1 aromatic rings. The SMILES string of the molecule is Cc1cc(CNC2=NCCCN2)ccc1Cl. The van der Waals surface area contributed by atoms with Gasteiger partial charge < -0.3 is 10.6 Å². The average Bonchev–Trinajstić information content (AvgIpc) is 2.32. The lowest BCUT2D eigenvalue weighted by Crippen LogP contribution is -2.40. The molecule has 0 saturated heterocycles. The van der Waals surface area contributed by atoms with Gasteiger partial charge in [0.05, 0.1) is 0 Å². The molecule has 2 N–H and O–H groups in total. The molecular formula is C12H16ClN3. The Bertz CT molecular complexity index is 401. The first-order chi connectivity index (χ1) is 7.75. The van der Waals surface area contributed by atoms with Crippen molar-refractivity contribution in [3.8, 4) is 0 Å². The minimum Gasteiger partial charge on any atom is -0.356 e. The van der Waals surface area contributed by atoms with Gasteiger partial charge in [-0.05, 0) is 30.5 Å². The Hall–Kier alpha value is -1.22. The third-order valence-corrected chi connectivity index (χ3v) is 3.00. The van der Waals surface area contributed by atoms with Crippen molar-refractivity contribution in [1.29, 1.82) is 0 Å². The minimum absolute atomic E-state index is 0.782. The van der Waals surface area contributed by atoms with E-state index in [2.05, 4.69) is 21.7 Å². The number of benzene rings is 1. The van der Waals surface area contributed by atoms with Gasteiger partial charge in [-0.15, -0.1) is 0 Å². The van der Waals surface area contributed by atoms with E-state index in [1.807, 2.05) is 19.1 Å². The molecule has 3 nitrogen and oxygen atoms in total. The lowest BCUT2D eigenvalue weighted by molar-refractivity contribution is 0.702. The van der Waals surface area contributed by atoms with Crippen LogP contribution in [0.3, 0.4) is 0 Å². The molecule has 0 saturated carbocycles. The largest absolute Gasteiger partial charge is 0.356 e. The molecule has 2 rings (SSSR count). The predicted octanol–water partition coefficient (Wildman–Crippen LogP) is 2.09. The van der Waals surface area contributed by atoms with Crippen molar-refractivity contribution in [1.82, 2.24) is 10.6 Å². The fourth-order valence-corrected chi connectivity index (χ4v) is 1.77. The number of rotatable bonds is 2. The molecule has 0 aromatic heterocycles. The molecule has 0 aliphatic carbocycles. The van der Waals surface area contributed by atoms with Crippen molar-refractivity contribution in [3.63, 3.8) is 0 Å². The van der Waals surface area contributed by atoms with Crippen LogP contribution in [0.15, 0.2) is 23.2 Å². The molecule has 1 heterocycles. The van der Waals surface area contributed by atoms with E-state index >= 15 is 0 Å². The lowest BCUT2D eigenvalue weighted by Gasteiger charge is -2.16. The first kappa shape index (κ1) is 11.3. The highest BCUT2D eigenvalue weighted by molar-refractivity contribution is 6.31. The second kappa shape index (κ2) is 5.21. The normalized spacial score (nSPS) is 15.2. The van der Waals surface area contributed by atoms with Crippen LogP contribution in [0.5, 0.6) is 0 Å². The van der Waals surface area contributed by atoms with Crippen LogP contribution in [0.25, 0.3) is 0 Å². The van der Waals surface area contributed by atoms with Gasteiger partial charge in [-0.25, -0.2) is 0 Å². The summed E-state index contributed by atoms with van der Waals surface area (Å²) in [4.78, 5) is 4.35. The fourth-order valence-electron chi connectivity index (χ4n) is 1.65. The molecule has 0 bridgehead atoms. The third-order valence-electron chi connectivity index (χ3n) is 2.58. The van der Waals surface area contributed by atoms with Crippen LogP contribution in [0.2, 0.25) is 5.02 Å². The molecule has 0 atom stereocenters. The summed E-state index contributed by atoms with van der Waals surface area (Å²) in [7, 11) is 0. The van der Waals surface area contributed by atoms with E-state index in [-0.39, 0.29) is 0 Å².